The molecular weight excluding hydrogens is 364 g/mol. The smallest absolute Gasteiger partial charge is 0.348 e. The van der Waals surface area contributed by atoms with E-state index in [-0.39, 0.29) is 27.9 Å². The van der Waals surface area contributed by atoms with Gasteiger partial charge < -0.3 is 9.72 Å². The molecule has 0 aliphatic rings. The van der Waals surface area contributed by atoms with E-state index in [9.17, 15) is 18.4 Å². The molecule has 2 rings (SSSR count). The molecule has 1 aromatic heterocycles. The number of nitrogens with one attached hydrogen (secondary N) is 2. The summed E-state index contributed by atoms with van der Waals surface area (Å²) in [7, 11) is 0. The van der Waals surface area contributed by atoms with Crippen molar-refractivity contribution in [2.45, 2.75) is 39.7 Å². The average Bonchev–Trinajstić information content (AvgIpc) is 2.54. The molecule has 2 aromatic rings. The summed E-state index contributed by atoms with van der Waals surface area (Å²) in [6.45, 7) is 6.77. The third kappa shape index (κ3) is 4.27. The van der Waals surface area contributed by atoms with Crippen LogP contribution in [0.3, 0.4) is 0 Å². The molecule has 1 unspecified atom stereocenters. The molecule has 6 nitrogen and oxygen atoms in total. The quantitative estimate of drug-likeness (QED) is 0.713. The Hall–Kier alpha value is -1.87. The van der Waals surface area contributed by atoms with E-state index in [1.165, 1.54) is 6.07 Å². The van der Waals surface area contributed by atoms with Crippen molar-refractivity contribution < 1.29 is 13.5 Å². The molecule has 0 amide bonds. The SMILES string of the molecule is CSNn1c(=O)[nH]c2cc(C(C)(F)F)c(C(C)OCC(C)C)cc2c1=O. The Labute approximate surface area is 154 Å². The normalized spacial score (nSPS) is 13.4. The first-order chi connectivity index (χ1) is 12.1. The van der Waals surface area contributed by atoms with Gasteiger partial charge >= 0.3 is 5.69 Å². The molecule has 144 valence electrons. The van der Waals surface area contributed by atoms with Crippen molar-refractivity contribution in [1.82, 2.24) is 9.66 Å². The lowest BCUT2D eigenvalue weighted by Gasteiger charge is -2.22. The highest BCUT2D eigenvalue weighted by Crippen LogP contribution is 2.35. The largest absolute Gasteiger partial charge is 0.374 e. The van der Waals surface area contributed by atoms with Crippen LogP contribution in [-0.2, 0) is 10.7 Å². The molecule has 0 saturated carbocycles. The number of hydrogen-bond acceptors (Lipinski definition) is 5. The standard InChI is InChI=1S/C17H23F2N3O3S/c1-9(2)8-25-10(3)11-6-12-14(7-13(11)17(4,18)19)20-16(24)22(15(12)23)21-26-5/h6-7,9-10,21H,8H2,1-5H3,(H,20,24). The summed E-state index contributed by atoms with van der Waals surface area (Å²) in [6, 6.07) is 2.54. The van der Waals surface area contributed by atoms with Gasteiger partial charge in [0.05, 0.1) is 17.0 Å². The Kier molecular flexibility index (Phi) is 6.13. The second-order valence-electron chi connectivity index (χ2n) is 6.61. The maximum absolute atomic E-state index is 14.2. The maximum Gasteiger partial charge on any atom is 0.348 e. The second-order valence-corrected chi connectivity index (χ2v) is 7.20. The van der Waals surface area contributed by atoms with E-state index in [0.29, 0.717) is 6.61 Å². The van der Waals surface area contributed by atoms with Gasteiger partial charge in [-0.25, -0.2) is 13.6 Å². The van der Waals surface area contributed by atoms with Gasteiger partial charge in [0.2, 0.25) is 0 Å². The lowest BCUT2D eigenvalue weighted by Crippen LogP contribution is -2.39. The van der Waals surface area contributed by atoms with Crippen molar-refractivity contribution in [3.8, 4) is 0 Å². The molecule has 0 bridgehead atoms. The van der Waals surface area contributed by atoms with Crippen LogP contribution in [0.25, 0.3) is 10.9 Å². The van der Waals surface area contributed by atoms with Crippen LogP contribution < -0.4 is 16.1 Å². The highest BCUT2D eigenvalue weighted by Gasteiger charge is 2.31. The summed E-state index contributed by atoms with van der Waals surface area (Å²) < 4.78 is 34.8. The predicted molar refractivity (Wildman–Crippen MR) is 100 cm³/mol. The minimum atomic E-state index is -3.15. The molecule has 1 atom stereocenters. The number of halogens is 2. The summed E-state index contributed by atoms with van der Waals surface area (Å²) in [4.78, 5) is 29.6. The van der Waals surface area contributed by atoms with Crippen LogP contribution >= 0.6 is 11.9 Å². The number of aromatic nitrogens is 2. The molecule has 0 fully saturated rings. The van der Waals surface area contributed by atoms with Crippen LogP contribution in [0.15, 0.2) is 21.7 Å². The Morgan fingerprint density at radius 3 is 2.50 bits per heavy atom. The third-order valence-electron chi connectivity index (χ3n) is 3.84. The van der Waals surface area contributed by atoms with E-state index in [2.05, 4.69) is 9.82 Å². The van der Waals surface area contributed by atoms with Crippen LogP contribution in [0.2, 0.25) is 0 Å². The summed E-state index contributed by atoms with van der Waals surface area (Å²) in [5.41, 5.74) is -1.31. The minimum absolute atomic E-state index is 0.0653. The topological polar surface area (TPSA) is 76.1 Å². The molecule has 2 N–H and O–H groups in total. The Bertz CT molecular complexity index is 903. The van der Waals surface area contributed by atoms with Gasteiger partial charge in [0, 0.05) is 25.3 Å². The third-order valence-corrected chi connectivity index (χ3v) is 4.21. The summed E-state index contributed by atoms with van der Waals surface area (Å²) in [6.07, 6.45) is 1.03. The van der Waals surface area contributed by atoms with Crippen molar-refractivity contribution in [1.29, 1.82) is 0 Å². The van der Waals surface area contributed by atoms with Gasteiger partial charge in [-0.1, -0.05) is 13.8 Å². The van der Waals surface area contributed by atoms with Crippen LogP contribution in [-0.4, -0.2) is 22.5 Å². The first-order valence-electron chi connectivity index (χ1n) is 8.18. The maximum atomic E-state index is 14.2. The Morgan fingerprint density at radius 1 is 1.31 bits per heavy atom. The van der Waals surface area contributed by atoms with Crippen LogP contribution in [0.4, 0.5) is 8.78 Å². The zero-order valence-electron chi connectivity index (χ0n) is 15.4. The summed E-state index contributed by atoms with van der Waals surface area (Å²) >= 11 is 1.07. The van der Waals surface area contributed by atoms with Crippen LogP contribution in [0.1, 0.15) is 44.9 Å². The van der Waals surface area contributed by atoms with Crippen LogP contribution in [0.5, 0.6) is 0 Å². The molecule has 1 aromatic carbocycles. The first-order valence-corrected chi connectivity index (χ1v) is 9.40. The van der Waals surface area contributed by atoms with Crippen molar-refractivity contribution >= 4 is 22.9 Å². The number of H-pyrrole nitrogens is 1. The monoisotopic (exact) mass is 387 g/mol. The molecule has 1 heterocycles. The van der Waals surface area contributed by atoms with Gasteiger partial charge in [-0.3, -0.25) is 9.63 Å². The molecule has 0 radical (unpaired) electrons. The molecule has 26 heavy (non-hydrogen) atoms. The molecule has 0 aliphatic carbocycles. The molecule has 0 spiro atoms. The van der Waals surface area contributed by atoms with E-state index >= 15 is 0 Å². The van der Waals surface area contributed by atoms with Gasteiger partial charge in [0.1, 0.15) is 0 Å². The molecule has 9 heteroatoms. The fourth-order valence-corrected chi connectivity index (χ4v) is 2.95. The van der Waals surface area contributed by atoms with E-state index in [1.807, 2.05) is 13.8 Å². The number of rotatable bonds is 7. The van der Waals surface area contributed by atoms with Gasteiger partial charge in [0.15, 0.2) is 0 Å². The second kappa shape index (κ2) is 7.79. The number of hydrogen-bond donors (Lipinski definition) is 2. The fraction of sp³-hybridized carbons (Fsp3) is 0.529. The lowest BCUT2D eigenvalue weighted by atomic mass is 9.96. The Balaban J connectivity index is 2.72. The molecular formula is C17H23F2N3O3S. The number of nitrogens with zero attached hydrogens (tertiary/aromatic N) is 1. The average molecular weight is 387 g/mol. The number of alkyl halides is 2. The zero-order chi connectivity index (χ0) is 19.6. The van der Waals surface area contributed by atoms with Gasteiger partial charge in [-0.05, 0) is 42.5 Å². The summed E-state index contributed by atoms with van der Waals surface area (Å²) in [5, 5.41) is 0.133. The van der Waals surface area contributed by atoms with Crippen LogP contribution in [0, 0.1) is 5.92 Å². The van der Waals surface area contributed by atoms with E-state index in [4.69, 9.17) is 4.74 Å². The highest BCUT2D eigenvalue weighted by molar-refractivity contribution is 7.99. The number of fused-ring (bicyclic) bond motifs is 1. The fourth-order valence-electron chi connectivity index (χ4n) is 2.60. The van der Waals surface area contributed by atoms with Crippen molar-refractivity contribution in [3.05, 3.63) is 44.1 Å². The lowest BCUT2D eigenvalue weighted by molar-refractivity contribution is 0.00730. The first kappa shape index (κ1) is 20.4. The van der Waals surface area contributed by atoms with Crippen molar-refractivity contribution in [2.75, 3.05) is 17.7 Å². The zero-order valence-corrected chi connectivity index (χ0v) is 16.2. The van der Waals surface area contributed by atoms with Crippen molar-refractivity contribution in [2.24, 2.45) is 5.92 Å². The molecule has 0 saturated heterocycles. The van der Waals surface area contributed by atoms with E-state index < -0.39 is 23.3 Å². The van der Waals surface area contributed by atoms with Crippen molar-refractivity contribution in [3.63, 3.8) is 0 Å². The number of ether oxygens (including phenoxy) is 1. The Morgan fingerprint density at radius 2 is 1.96 bits per heavy atom. The van der Waals surface area contributed by atoms with Gasteiger partial charge in [-0.2, -0.15) is 4.68 Å². The molecule has 0 aliphatic heterocycles. The highest BCUT2D eigenvalue weighted by atomic mass is 32.2. The predicted octanol–water partition coefficient (Wildman–Crippen LogP) is 3.36. The van der Waals surface area contributed by atoms with E-state index in [1.54, 1.807) is 13.2 Å². The van der Waals surface area contributed by atoms with E-state index in [0.717, 1.165) is 29.6 Å². The number of aromatic amines is 1. The van der Waals surface area contributed by atoms with Gasteiger partial charge in [-0.15, -0.1) is 0 Å². The van der Waals surface area contributed by atoms with Gasteiger partial charge in [0.25, 0.3) is 11.5 Å². The minimum Gasteiger partial charge on any atom is -0.374 e. The number of benzene rings is 1. The summed E-state index contributed by atoms with van der Waals surface area (Å²) in [5.74, 6) is -2.91.